The van der Waals surface area contributed by atoms with Gasteiger partial charge >= 0.3 is 0 Å². The zero-order chi connectivity index (χ0) is 14.9. The van der Waals surface area contributed by atoms with Gasteiger partial charge in [-0.15, -0.1) is 0 Å². The molecule has 0 fully saturated rings. The van der Waals surface area contributed by atoms with E-state index in [4.69, 9.17) is 0 Å². The molecule has 4 rings (SSSR count). The molecule has 0 unspecified atom stereocenters. The van der Waals surface area contributed by atoms with Crippen LogP contribution in [0, 0.1) is 0 Å². The minimum Gasteiger partial charge on any atom is -0.246 e. The summed E-state index contributed by atoms with van der Waals surface area (Å²) in [6.07, 6.45) is 0. The van der Waals surface area contributed by atoms with Crippen LogP contribution in [0.4, 0.5) is 4.39 Å². The van der Waals surface area contributed by atoms with E-state index < -0.39 is 6.67 Å². The monoisotopic (exact) mass is 286 g/mol. The van der Waals surface area contributed by atoms with Crippen LogP contribution in [0.3, 0.4) is 0 Å². The minimum atomic E-state index is -0.451. The Morgan fingerprint density at radius 3 is 2.05 bits per heavy atom. The van der Waals surface area contributed by atoms with Crippen LogP contribution in [-0.4, -0.2) is 0 Å². The Labute approximate surface area is 128 Å². The lowest BCUT2D eigenvalue weighted by Crippen LogP contribution is -1.89. The van der Waals surface area contributed by atoms with Gasteiger partial charge in [-0.3, -0.25) is 0 Å². The summed E-state index contributed by atoms with van der Waals surface area (Å²) in [4.78, 5) is 0. The molecule has 4 aromatic carbocycles. The van der Waals surface area contributed by atoms with Crippen molar-refractivity contribution in [3.63, 3.8) is 0 Å². The molecule has 0 radical (unpaired) electrons. The Bertz CT molecular complexity index is 955. The van der Waals surface area contributed by atoms with Crippen molar-refractivity contribution in [2.24, 2.45) is 0 Å². The summed E-state index contributed by atoms with van der Waals surface area (Å²) in [5.74, 6) is 0. The summed E-state index contributed by atoms with van der Waals surface area (Å²) in [6, 6.07) is 26.6. The van der Waals surface area contributed by atoms with E-state index in [2.05, 4.69) is 24.3 Å². The number of hydrogen-bond acceptors (Lipinski definition) is 0. The first kappa shape index (κ1) is 13.0. The van der Waals surface area contributed by atoms with E-state index >= 15 is 0 Å². The second kappa shape index (κ2) is 5.27. The van der Waals surface area contributed by atoms with Crippen molar-refractivity contribution in [2.75, 3.05) is 0 Å². The van der Waals surface area contributed by atoms with Gasteiger partial charge in [0.15, 0.2) is 0 Å². The molecule has 0 atom stereocenters. The van der Waals surface area contributed by atoms with E-state index in [9.17, 15) is 4.39 Å². The second-order valence-corrected chi connectivity index (χ2v) is 5.52. The molecular formula is C21H15F. The third-order valence-electron chi connectivity index (χ3n) is 4.18. The molecule has 0 saturated heterocycles. The third-order valence-corrected chi connectivity index (χ3v) is 4.18. The fraction of sp³-hybridized carbons (Fsp3) is 0.0476. The van der Waals surface area contributed by atoms with Crippen molar-refractivity contribution in [2.45, 2.75) is 6.67 Å². The van der Waals surface area contributed by atoms with Crippen molar-refractivity contribution in [3.05, 3.63) is 84.4 Å². The van der Waals surface area contributed by atoms with Crippen LogP contribution in [0.25, 0.3) is 32.7 Å². The molecule has 0 aromatic heterocycles. The van der Waals surface area contributed by atoms with Crippen LogP contribution in [0.15, 0.2) is 78.9 Å². The van der Waals surface area contributed by atoms with Crippen molar-refractivity contribution in [3.8, 4) is 11.1 Å². The molecule has 1 heteroatoms. The van der Waals surface area contributed by atoms with Gasteiger partial charge in [-0.1, -0.05) is 66.7 Å². The van der Waals surface area contributed by atoms with Crippen LogP contribution >= 0.6 is 0 Å². The zero-order valence-corrected chi connectivity index (χ0v) is 12.1. The van der Waals surface area contributed by atoms with Gasteiger partial charge in [0.05, 0.1) is 0 Å². The molecule has 0 aliphatic carbocycles. The first-order chi connectivity index (χ1) is 10.9. The normalized spacial score (nSPS) is 11.1. The molecule has 4 aromatic rings. The smallest absolute Gasteiger partial charge is 0.115 e. The average Bonchev–Trinajstić information content (AvgIpc) is 2.59. The van der Waals surface area contributed by atoms with Gasteiger partial charge in [0, 0.05) is 0 Å². The van der Waals surface area contributed by atoms with Gasteiger partial charge in [-0.2, -0.15) is 0 Å². The Balaban J connectivity index is 2.13. The summed E-state index contributed by atoms with van der Waals surface area (Å²) in [7, 11) is 0. The molecule has 0 N–H and O–H groups in total. The Hall–Kier alpha value is -2.67. The molecule has 0 saturated carbocycles. The molecule has 106 valence electrons. The van der Waals surface area contributed by atoms with Crippen molar-refractivity contribution < 1.29 is 4.39 Å². The standard InChI is InChI=1S/C21H15F/c22-14-19-11-10-18-12-16-8-4-5-9-17(16)13-20(18)21(19)15-6-2-1-3-7-15/h1-13H,14H2. The van der Waals surface area contributed by atoms with Crippen LogP contribution in [0.1, 0.15) is 5.56 Å². The Kier molecular flexibility index (Phi) is 3.12. The lowest BCUT2D eigenvalue weighted by molar-refractivity contribution is 0.486. The van der Waals surface area contributed by atoms with Crippen LogP contribution < -0.4 is 0 Å². The Morgan fingerprint density at radius 2 is 1.32 bits per heavy atom. The van der Waals surface area contributed by atoms with E-state index in [1.165, 1.54) is 10.8 Å². The second-order valence-electron chi connectivity index (χ2n) is 5.52. The molecule has 0 bridgehead atoms. The number of alkyl halides is 1. The number of halogens is 1. The zero-order valence-electron chi connectivity index (χ0n) is 12.1. The predicted octanol–water partition coefficient (Wildman–Crippen LogP) is 6.13. The van der Waals surface area contributed by atoms with Gasteiger partial charge in [0.1, 0.15) is 6.67 Å². The predicted molar refractivity (Wildman–Crippen MR) is 91.7 cm³/mol. The Morgan fingerprint density at radius 1 is 0.636 bits per heavy atom. The maximum atomic E-state index is 13.5. The van der Waals surface area contributed by atoms with Crippen LogP contribution in [0.5, 0.6) is 0 Å². The van der Waals surface area contributed by atoms with Gasteiger partial charge in [0.2, 0.25) is 0 Å². The molecule has 0 spiro atoms. The highest BCUT2D eigenvalue weighted by Gasteiger charge is 2.10. The lowest BCUT2D eigenvalue weighted by atomic mass is 9.92. The van der Waals surface area contributed by atoms with E-state index in [0.717, 1.165) is 27.5 Å². The first-order valence-electron chi connectivity index (χ1n) is 7.42. The number of benzene rings is 4. The highest BCUT2D eigenvalue weighted by Crippen LogP contribution is 2.35. The summed E-state index contributed by atoms with van der Waals surface area (Å²) in [5, 5.41) is 4.65. The highest BCUT2D eigenvalue weighted by molar-refractivity contribution is 6.05. The molecule has 0 nitrogen and oxygen atoms in total. The van der Waals surface area contributed by atoms with E-state index in [0.29, 0.717) is 0 Å². The SMILES string of the molecule is FCc1ccc2cc3ccccc3cc2c1-c1ccccc1. The van der Waals surface area contributed by atoms with Gasteiger partial charge in [-0.05, 0) is 50.4 Å². The number of hydrogen-bond donors (Lipinski definition) is 0. The van der Waals surface area contributed by atoms with Gasteiger partial charge in [-0.25, -0.2) is 4.39 Å². The quantitative estimate of drug-likeness (QED) is 0.389. The van der Waals surface area contributed by atoms with E-state index in [1.807, 2.05) is 54.6 Å². The van der Waals surface area contributed by atoms with E-state index in [-0.39, 0.29) is 0 Å². The average molecular weight is 286 g/mol. The van der Waals surface area contributed by atoms with Crippen molar-refractivity contribution in [1.29, 1.82) is 0 Å². The van der Waals surface area contributed by atoms with Crippen LogP contribution in [-0.2, 0) is 6.67 Å². The lowest BCUT2D eigenvalue weighted by Gasteiger charge is -2.13. The summed E-state index contributed by atoms with van der Waals surface area (Å²) >= 11 is 0. The molecule has 0 aliphatic rings. The van der Waals surface area contributed by atoms with Gasteiger partial charge in [0.25, 0.3) is 0 Å². The number of rotatable bonds is 2. The summed E-state index contributed by atoms with van der Waals surface area (Å²) < 4.78 is 13.5. The molecule has 0 heterocycles. The summed E-state index contributed by atoms with van der Waals surface area (Å²) in [5.41, 5.74) is 2.82. The van der Waals surface area contributed by atoms with Crippen LogP contribution in [0.2, 0.25) is 0 Å². The highest BCUT2D eigenvalue weighted by atomic mass is 19.1. The third kappa shape index (κ3) is 2.06. The largest absolute Gasteiger partial charge is 0.246 e. The first-order valence-corrected chi connectivity index (χ1v) is 7.42. The maximum Gasteiger partial charge on any atom is 0.115 e. The fourth-order valence-electron chi connectivity index (χ4n) is 3.12. The molecular weight excluding hydrogens is 271 g/mol. The fourth-order valence-corrected chi connectivity index (χ4v) is 3.12. The topological polar surface area (TPSA) is 0 Å². The molecule has 0 amide bonds. The minimum absolute atomic E-state index is 0.451. The summed E-state index contributed by atoms with van der Waals surface area (Å²) in [6.45, 7) is -0.451. The van der Waals surface area contributed by atoms with Crippen molar-refractivity contribution in [1.82, 2.24) is 0 Å². The molecule has 0 aliphatic heterocycles. The molecule has 22 heavy (non-hydrogen) atoms. The number of fused-ring (bicyclic) bond motifs is 2. The van der Waals surface area contributed by atoms with Crippen molar-refractivity contribution >= 4 is 21.5 Å². The van der Waals surface area contributed by atoms with Gasteiger partial charge < -0.3 is 0 Å². The maximum absolute atomic E-state index is 13.5. The van der Waals surface area contributed by atoms with E-state index in [1.54, 1.807) is 0 Å².